The van der Waals surface area contributed by atoms with Gasteiger partial charge >= 0.3 is 5.69 Å². The van der Waals surface area contributed by atoms with Gasteiger partial charge in [-0.05, 0) is 36.4 Å². The Morgan fingerprint density at radius 1 is 0.690 bits per heavy atom. The highest BCUT2D eigenvalue weighted by Crippen LogP contribution is 2.18. The van der Waals surface area contributed by atoms with Gasteiger partial charge in [0.25, 0.3) is 5.56 Å². The molecule has 0 amide bonds. The fraction of sp³-hybridized carbons (Fsp3) is 0. The van der Waals surface area contributed by atoms with Crippen LogP contribution in [0.3, 0.4) is 0 Å². The van der Waals surface area contributed by atoms with E-state index in [1.807, 2.05) is 18.2 Å². The van der Waals surface area contributed by atoms with Crippen LogP contribution in [-0.4, -0.2) is 20.5 Å². The number of aromatic nitrogens is 2. The van der Waals surface area contributed by atoms with Crippen molar-refractivity contribution in [1.29, 1.82) is 0 Å². The molecule has 0 fully saturated rings. The van der Waals surface area contributed by atoms with E-state index in [1.165, 1.54) is 6.21 Å². The minimum atomic E-state index is -0.665. The summed E-state index contributed by atoms with van der Waals surface area (Å²) in [4.78, 5) is 30.6. The molecule has 1 aromatic heterocycles. The van der Waals surface area contributed by atoms with E-state index in [9.17, 15) is 14.7 Å². The fourth-order valence-electron chi connectivity index (χ4n) is 2.99. The molecular formula is C23H17N3O3. The minimum Gasteiger partial charge on any atom is -0.493 e. The van der Waals surface area contributed by atoms with Crippen LogP contribution in [0.25, 0.3) is 11.4 Å². The van der Waals surface area contributed by atoms with Gasteiger partial charge in [0.1, 0.15) is 5.56 Å². The number of para-hydroxylation sites is 3. The Kier molecular flexibility index (Phi) is 4.90. The lowest BCUT2D eigenvalue weighted by atomic mass is 10.2. The summed E-state index contributed by atoms with van der Waals surface area (Å²) in [5, 5.41) is 10.8. The standard InChI is InChI=1S/C23H17N3O3/c27-21-20(16-24-17-10-4-1-5-11-17)22(28)26(19-14-8-3-9-15-19)23(29)25(21)18-12-6-2-7-13-18/h1-16,27H. The van der Waals surface area contributed by atoms with Crippen LogP contribution in [0, 0.1) is 0 Å². The first-order valence-electron chi connectivity index (χ1n) is 8.98. The SMILES string of the molecule is O=c1c(C=Nc2ccccc2)c(O)n(-c2ccccc2)c(=O)n1-c1ccccc1. The van der Waals surface area contributed by atoms with Gasteiger partial charge in [0.05, 0.1) is 17.1 Å². The van der Waals surface area contributed by atoms with Crippen LogP contribution in [-0.2, 0) is 0 Å². The van der Waals surface area contributed by atoms with E-state index in [2.05, 4.69) is 4.99 Å². The van der Waals surface area contributed by atoms with Gasteiger partial charge in [-0.3, -0.25) is 9.79 Å². The van der Waals surface area contributed by atoms with Crippen molar-refractivity contribution >= 4 is 11.9 Å². The predicted octanol–water partition coefficient (Wildman–Crippen LogP) is 3.44. The number of hydrogen-bond donors (Lipinski definition) is 1. The third-order valence-electron chi connectivity index (χ3n) is 4.40. The number of rotatable bonds is 4. The molecule has 6 nitrogen and oxygen atoms in total. The predicted molar refractivity (Wildman–Crippen MR) is 113 cm³/mol. The Bertz CT molecular complexity index is 1280. The van der Waals surface area contributed by atoms with E-state index in [4.69, 9.17) is 0 Å². The van der Waals surface area contributed by atoms with Crippen LogP contribution in [0.4, 0.5) is 5.69 Å². The Morgan fingerprint density at radius 3 is 1.72 bits per heavy atom. The molecule has 0 atom stereocenters. The molecule has 3 aromatic carbocycles. The lowest BCUT2D eigenvalue weighted by molar-refractivity contribution is 0.427. The summed E-state index contributed by atoms with van der Waals surface area (Å²) in [6, 6.07) is 26.3. The van der Waals surface area contributed by atoms with E-state index in [1.54, 1.807) is 72.8 Å². The molecule has 0 radical (unpaired) electrons. The van der Waals surface area contributed by atoms with E-state index < -0.39 is 17.1 Å². The average molecular weight is 383 g/mol. The van der Waals surface area contributed by atoms with E-state index in [-0.39, 0.29) is 5.56 Å². The second-order valence-corrected chi connectivity index (χ2v) is 6.26. The monoisotopic (exact) mass is 383 g/mol. The number of benzene rings is 3. The first kappa shape index (κ1) is 18.2. The largest absolute Gasteiger partial charge is 0.493 e. The quantitative estimate of drug-likeness (QED) is 0.549. The van der Waals surface area contributed by atoms with Gasteiger partial charge in [0, 0.05) is 6.21 Å². The molecule has 0 unspecified atom stereocenters. The lowest BCUT2D eigenvalue weighted by Crippen LogP contribution is -2.40. The third kappa shape index (κ3) is 3.51. The van der Waals surface area contributed by atoms with Crippen molar-refractivity contribution in [3.05, 3.63) is 117 Å². The molecule has 6 heteroatoms. The number of aromatic hydroxyl groups is 1. The highest BCUT2D eigenvalue weighted by Gasteiger charge is 2.19. The average Bonchev–Trinajstić information content (AvgIpc) is 2.76. The lowest BCUT2D eigenvalue weighted by Gasteiger charge is -2.14. The van der Waals surface area contributed by atoms with Gasteiger partial charge in [-0.25, -0.2) is 13.9 Å². The van der Waals surface area contributed by atoms with Crippen molar-refractivity contribution in [1.82, 2.24) is 9.13 Å². The fourth-order valence-corrected chi connectivity index (χ4v) is 2.99. The maximum Gasteiger partial charge on any atom is 0.343 e. The molecule has 1 heterocycles. The molecule has 4 aromatic rings. The number of hydrogen-bond acceptors (Lipinski definition) is 4. The molecular weight excluding hydrogens is 366 g/mol. The third-order valence-corrected chi connectivity index (χ3v) is 4.40. The smallest absolute Gasteiger partial charge is 0.343 e. The summed E-state index contributed by atoms with van der Waals surface area (Å²) in [5.41, 5.74) is 0.0686. The Labute approximate surface area is 166 Å². The van der Waals surface area contributed by atoms with Crippen LogP contribution in [0.2, 0.25) is 0 Å². The first-order valence-corrected chi connectivity index (χ1v) is 8.98. The molecule has 0 saturated heterocycles. The van der Waals surface area contributed by atoms with Crippen molar-refractivity contribution in [3.63, 3.8) is 0 Å². The summed E-state index contributed by atoms with van der Waals surface area (Å²) in [5.74, 6) is -0.460. The highest BCUT2D eigenvalue weighted by molar-refractivity contribution is 5.84. The molecule has 142 valence electrons. The van der Waals surface area contributed by atoms with E-state index in [0.717, 1.165) is 9.13 Å². The van der Waals surface area contributed by atoms with E-state index in [0.29, 0.717) is 17.1 Å². The van der Waals surface area contributed by atoms with Crippen LogP contribution in [0.1, 0.15) is 5.56 Å². The van der Waals surface area contributed by atoms with Crippen molar-refractivity contribution < 1.29 is 5.11 Å². The van der Waals surface area contributed by atoms with Crippen molar-refractivity contribution in [2.24, 2.45) is 4.99 Å². The maximum absolute atomic E-state index is 13.2. The molecule has 0 spiro atoms. The maximum atomic E-state index is 13.2. The molecule has 0 bridgehead atoms. The zero-order chi connectivity index (χ0) is 20.2. The minimum absolute atomic E-state index is 0.0823. The van der Waals surface area contributed by atoms with E-state index >= 15 is 0 Å². The molecule has 1 N–H and O–H groups in total. The van der Waals surface area contributed by atoms with Gasteiger partial charge in [-0.1, -0.05) is 54.6 Å². The van der Waals surface area contributed by atoms with Gasteiger partial charge in [-0.2, -0.15) is 0 Å². The zero-order valence-electron chi connectivity index (χ0n) is 15.3. The van der Waals surface area contributed by atoms with Gasteiger partial charge in [0.15, 0.2) is 0 Å². The molecule has 0 saturated carbocycles. The van der Waals surface area contributed by atoms with Gasteiger partial charge < -0.3 is 5.11 Å². The summed E-state index contributed by atoms with van der Waals surface area (Å²) < 4.78 is 2.12. The van der Waals surface area contributed by atoms with Crippen molar-refractivity contribution in [2.45, 2.75) is 0 Å². The summed E-state index contributed by atoms with van der Waals surface area (Å²) in [6.45, 7) is 0. The molecule has 29 heavy (non-hydrogen) atoms. The Hall–Kier alpha value is -4.19. The van der Waals surface area contributed by atoms with Gasteiger partial charge in [0.2, 0.25) is 5.88 Å². The summed E-state index contributed by atoms with van der Waals surface area (Å²) in [6.07, 6.45) is 1.28. The van der Waals surface area contributed by atoms with Crippen molar-refractivity contribution in [3.8, 4) is 17.3 Å². The molecule has 0 aliphatic rings. The molecule has 0 aliphatic heterocycles. The normalized spacial score (nSPS) is 11.0. The van der Waals surface area contributed by atoms with Crippen LogP contribution in [0.15, 0.2) is 106 Å². The Balaban J connectivity index is 2.02. The van der Waals surface area contributed by atoms with Gasteiger partial charge in [-0.15, -0.1) is 0 Å². The second-order valence-electron chi connectivity index (χ2n) is 6.26. The van der Waals surface area contributed by atoms with Crippen LogP contribution >= 0.6 is 0 Å². The second kappa shape index (κ2) is 7.82. The zero-order valence-corrected chi connectivity index (χ0v) is 15.3. The molecule has 0 aliphatic carbocycles. The Morgan fingerprint density at radius 2 is 1.17 bits per heavy atom. The first-order chi connectivity index (χ1) is 14.2. The number of nitrogens with zero attached hydrogens (tertiary/aromatic N) is 3. The van der Waals surface area contributed by atoms with Crippen LogP contribution in [0.5, 0.6) is 5.88 Å². The highest BCUT2D eigenvalue weighted by atomic mass is 16.3. The van der Waals surface area contributed by atoms with Crippen LogP contribution < -0.4 is 11.2 Å². The summed E-state index contributed by atoms with van der Waals surface area (Å²) >= 11 is 0. The molecule has 4 rings (SSSR count). The summed E-state index contributed by atoms with van der Waals surface area (Å²) in [7, 11) is 0. The van der Waals surface area contributed by atoms with Crippen molar-refractivity contribution in [2.75, 3.05) is 0 Å². The topological polar surface area (TPSA) is 76.6 Å². The number of aliphatic imine (C=N–C) groups is 1.